The summed E-state index contributed by atoms with van der Waals surface area (Å²) in [6.45, 7) is 5.00. The molecule has 3 amide bonds. The second kappa shape index (κ2) is 9.64. The van der Waals surface area contributed by atoms with E-state index in [1.165, 1.54) is 11.8 Å². The van der Waals surface area contributed by atoms with Crippen LogP contribution in [0.25, 0.3) is 0 Å². The molecule has 1 fully saturated rings. The lowest BCUT2D eigenvalue weighted by atomic mass is 9.99. The Morgan fingerprint density at radius 3 is 2.23 bits per heavy atom. The number of rotatable bonds is 7. The number of carbonyl (C=O) groups is 4. The molecule has 0 N–H and O–H groups in total. The topological polar surface area (TPSA) is 84.0 Å². The van der Waals surface area contributed by atoms with E-state index in [0.29, 0.717) is 24.8 Å². The van der Waals surface area contributed by atoms with Crippen LogP contribution in [-0.2, 0) is 14.3 Å². The second-order valence-corrected chi connectivity index (χ2v) is 8.90. The van der Waals surface area contributed by atoms with E-state index < -0.39 is 29.9 Å². The fraction of sp³-hybridized carbons (Fsp3) is 0.545. The maximum absolute atomic E-state index is 13.0. The van der Waals surface area contributed by atoms with Gasteiger partial charge in [0.05, 0.1) is 11.1 Å². The molecule has 2 aliphatic heterocycles. The maximum atomic E-state index is 13.0. The van der Waals surface area contributed by atoms with Crippen molar-refractivity contribution in [1.82, 2.24) is 9.80 Å². The predicted octanol–water partition coefficient (Wildman–Crippen LogP) is 2.59. The fourth-order valence-corrected chi connectivity index (χ4v) is 4.32. The van der Waals surface area contributed by atoms with Crippen molar-refractivity contribution in [3.05, 3.63) is 35.4 Å². The van der Waals surface area contributed by atoms with Crippen molar-refractivity contribution in [1.29, 1.82) is 0 Å². The lowest BCUT2D eigenvalue weighted by molar-refractivity contribution is -0.162. The molecule has 0 saturated carbocycles. The van der Waals surface area contributed by atoms with Gasteiger partial charge in [-0.2, -0.15) is 11.8 Å². The molecular formula is C22H28N2O5S. The highest BCUT2D eigenvalue weighted by Crippen LogP contribution is 2.27. The average Bonchev–Trinajstić information content (AvgIpc) is 2.99. The van der Waals surface area contributed by atoms with Gasteiger partial charge in [-0.05, 0) is 56.2 Å². The molecule has 2 unspecified atom stereocenters. The lowest BCUT2D eigenvalue weighted by Gasteiger charge is -2.32. The van der Waals surface area contributed by atoms with Crippen molar-refractivity contribution in [3.63, 3.8) is 0 Å². The number of ether oxygens (including phenoxy) is 1. The quantitative estimate of drug-likeness (QED) is 0.486. The number of hydrogen-bond acceptors (Lipinski definition) is 6. The standard InChI is InChI=1S/C22H28N2O5S/c1-14-8-11-23(12-9-14)19(25)15(2)29-22(28)18(10-13-30-3)24-20(26)16-6-4-5-7-17(16)21(24)27/h4-7,14-15,18H,8-13H2,1-3H3. The minimum absolute atomic E-state index is 0.235. The molecule has 1 aromatic carbocycles. The number of amides is 3. The van der Waals surface area contributed by atoms with E-state index in [-0.39, 0.29) is 23.5 Å². The van der Waals surface area contributed by atoms with E-state index >= 15 is 0 Å². The van der Waals surface area contributed by atoms with Gasteiger partial charge in [0.15, 0.2) is 6.10 Å². The number of thioether (sulfide) groups is 1. The molecule has 0 bridgehead atoms. The first-order valence-corrected chi connectivity index (χ1v) is 11.7. The number of hydrogen-bond donors (Lipinski definition) is 0. The van der Waals surface area contributed by atoms with Gasteiger partial charge in [-0.3, -0.25) is 19.3 Å². The minimum Gasteiger partial charge on any atom is -0.451 e. The van der Waals surface area contributed by atoms with Crippen LogP contribution < -0.4 is 0 Å². The molecule has 7 nitrogen and oxygen atoms in total. The van der Waals surface area contributed by atoms with Gasteiger partial charge in [0, 0.05) is 13.1 Å². The van der Waals surface area contributed by atoms with Gasteiger partial charge >= 0.3 is 5.97 Å². The summed E-state index contributed by atoms with van der Waals surface area (Å²) in [5.41, 5.74) is 0.576. The Balaban J connectivity index is 1.72. The Bertz CT molecular complexity index is 800. The van der Waals surface area contributed by atoms with E-state index in [1.807, 2.05) is 6.26 Å². The zero-order valence-electron chi connectivity index (χ0n) is 17.6. The Morgan fingerprint density at radius 1 is 1.13 bits per heavy atom. The number of fused-ring (bicyclic) bond motifs is 1. The molecule has 8 heteroatoms. The summed E-state index contributed by atoms with van der Waals surface area (Å²) in [5, 5.41) is 0. The zero-order chi connectivity index (χ0) is 21.8. The van der Waals surface area contributed by atoms with Gasteiger partial charge in [0.1, 0.15) is 6.04 Å². The molecule has 0 aliphatic carbocycles. The van der Waals surface area contributed by atoms with Crippen molar-refractivity contribution in [2.75, 3.05) is 25.1 Å². The molecule has 0 aromatic heterocycles. The normalized spacial score (nSPS) is 18.9. The van der Waals surface area contributed by atoms with Gasteiger partial charge in [0.2, 0.25) is 0 Å². The molecule has 162 valence electrons. The summed E-state index contributed by atoms with van der Waals surface area (Å²) in [6, 6.07) is 5.47. The third-order valence-electron chi connectivity index (χ3n) is 5.74. The number of piperidine rings is 1. The van der Waals surface area contributed by atoms with Crippen LogP contribution in [0.5, 0.6) is 0 Å². The number of nitrogens with zero attached hydrogens (tertiary/aromatic N) is 2. The Morgan fingerprint density at radius 2 is 1.70 bits per heavy atom. The molecule has 0 radical (unpaired) electrons. The largest absolute Gasteiger partial charge is 0.451 e. The molecule has 2 heterocycles. The van der Waals surface area contributed by atoms with Crippen LogP contribution in [0.15, 0.2) is 24.3 Å². The van der Waals surface area contributed by atoms with Crippen molar-refractivity contribution in [3.8, 4) is 0 Å². The van der Waals surface area contributed by atoms with Crippen LogP contribution in [0, 0.1) is 5.92 Å². The first-order valence-electron chi connectivity index (χ1n) is 10.3. The Kier molecular flexibility index (Phi) is 7.18. The highest BCUT2D eigenvalue weighted by Gasteiger charge is 2.43. The molecule has 1 aromatic rings. The molecule has 2 aliphatic rings. The van der Waals surface area contributed by atoms with Gasteiger partial charge in [-0.25, -0.2) is 4.79 Å². The monoisotopic (exact) mass is 432 g/mol. The van der Waals surface area contributed by atoms with Crippen molar-refractivity contribution in [2.45, 2.75) is 45.3 Å². The van der Waals surface area contributed by atoms with Gasteiger partial charge in [-0.1, -0.05) is 19.1 Å². The summed E-state index contributed by atoms with van der Waals surface area (Å²) in [5.74, 6) is -0.799. The molecule has 3 rings (SSSR count). The fourth-order valence-electron chi connectivity index (χ4n) is 3.86. The molecule has 1 saturated heterocycles. The van der Waals surface area contributed by atoms with E-state index in [9.17, 15) is 19.2 Å². The third-order valence-corrected chi connectivity index (χ3v) is 6.38. The van der Waals surface area contributed by atoms with Gasteiger partial charge < -0.3 is 9.64 Å². The molecule has 30 heavy (non-hydrogen) atoms. The van der Waals surface area contributed by atoms with E-state index in [0.717, 1.165) is 17.7 Å². The number of benzene rings is 1. The van der Waals surface area contributed by atoms with Gasteiger partial charge in [-0.15, -0.1) is 0 Å². The summed E-state index contributed by atoms with van der Waals surface area (Å²) >= 11 is 1.51. The number of likely N-dealkylation sites (tertiary alicyclic amines) is 1. The molecular weight excluding hydrogens is 404 g/mol. The first-order chi connectivity index (χ1) is 14.3. The summed E-state index contributed by atoms with van der Waals surface area (Å²) < 4.78 is 5.47. The number of carbonyl (C=O) groups excluding carboxylic acids is 4. The first kappa shape index (κ1) is 22.3. The smallest absolute Gasteiger partial charge is 0.330 e. The predicted molar refractivity (Wildman–Crippen MR) is 114 cm³/mol. The summed E-state index contributed by atoms with van der Waals surface area (Å²) in [6.07, 6.45) is 3.05. The minimum atomic E-state index is -1.05. The average molecular weight is 433 g/mol. The van der Waals surface area contributed by atoms with Crippen LogP contribution in [0.2, 0.25) is 0 Å². The van der Waals surface area contributed by atoms with E-state index in [2.05, 4.69) is 6.92 Å². The van der Waals surface area contributed by atoms with Crippen LogP contribution >= 0.6 is 11.8 Å². The van der Waals surface area contributed by atoms with Crippen LogP contribution in [0.3, 0.4) is 0 Å². The van der Waals surface area contributed by atoms with E-state index in [4.69, 9.17) is 4.74 Å². The summed E-state index contributed by atoms with van der Waals surface area (Å²) in [4.78, 5) is 54.0. The highest BCUT2D eigenvalue weighted by molar-refractivity contribution is 7.98. The van der Waals surface area contributed by atoms with Crippen molar-refractivity contribution < 1.29 is 23.9 Å². The Labute approximate surface area is 181 Å². The summed E-state index contributed by atoms with van der Waals surface area (Å²) in [7, 11) is 0. The lowest BCUT2D eigenvalue weighted by Crippen LogP contribution is -2.49. The third kappa shape index (κ3) is 4.53. The number of imide groups is 1. The van der Waals surface area contributed by atoms with Crippen LogP contribution in [0.1, 0.15) is 53.8 Å². The maximum Gasteiger partial charge on any atom is 0.330 e. The molecule has 0 spiro atoms. The number of esters is 1. The van der Waals surface area contributed by atoms with Gasteiger partial charge in [0.25, 0.3) is 17.7 Å². The highest BCUT2D eigenvalue weighted by atomic mass is 32.2. The van der Waals surface area contributed by atoms with Crippen molar-refractivity contribution in [2.24, 2.45) is 5.92 Å². The molecule has 2 atom stereocenters. The Hall–Kier alpha value is -2.35. The SMILES string of the molecule is CSCCC(C(=O)OC(C)C(=O)N1CCC(C)CC1)N1C(=O)c2ccccc2C1=O. The van der Waals surface area contributed by atoms with Crippen molar-refractivity contribution >= 4 is 35.5 Å². The van der Waals surface area contributed by atoms with Crippen LogP contribution in [-0.4, -0.2) is 70.7 Å². The second-order valence-electron chi connectivity index (χ2n) is 7.91. The van der Waals surface area contributed by atoms with E-state index in [1.54, 1.807) is 36.1 Å². The van der Waals surface area contributed by atoms with Crippen LogP contribution in [0.4, 0.5) is 0 Å². The zero-order valence-corrected chi connectivity index (χ0v) is 18.4.